The molecule has 0 aliphatic carbocycles. The summed E-state index contributed by atoms with van der Waals surface area (Å²) in [5, 5.41) is 4.62. The normalized spacial score (nSPS) is 9.24. The van der Waals surface area contributed by atoms with Crippen molar-refractivity contribution in [1.82, 2.24) is 10.6 Å². The van der Waals surface area contributed by atoms with Gasteiger partial charge in [0.15, 0.2) is 0 Å². The first kappa shape index (κ1) is 18.9. The highest BCUT2D eigenvalue weighted by atomic mass is 35.5. The van der Waals surface area contributed by atoms with Gasteiger partial charge in [-0.15, -0.1) is 12.4 Å². The first-order chi connectivity index (χ1) is 9.52. The third-order valence-electron chi connectivity index (χ3n) is 2.38. The van der Waals surface area contributed by atoms with Gasteiger partial charge in [0.2, 0.25) is 11.8 Å². The van der Waals surface area contributed by atoms with Gasteiger partial charge < -0.3 is 21.1 Å². The number of hydrogen-bond donors (Lipinski definition) is 3. The van der Waals surface area contributed by atoms with Crippen LogP contribution in [-0.2, 0) is 14.4 Å². The van der Waals surface area contributed by atoms with Crippen LogP contribution in [0.15, 0.2) is 24.3 Å². The molecule has 2 amide bonds. The summed E-state index contributed by atoms with van der Waals surface area (Å²) in [4.78, 5) is 33.7. The Morgan fingerprint density at radius 2 is 1.71 bits per heavy atom. The number of carbonyl (C=O) groups is 3. The van der Waals surface area contributed by atoms with Gasteiger partial charge in [0.05, 0.1) is 13.1 Å². The number of nitrogens with two attached hydrogens (primary N) is 1. The summed E-state index contributed by atoms with van der Waals surface area (Å²) >= 11 is 0. The number of ether oxygens (including phenoxy) is 1. The van der Waals surface area contributed by atoms with Crippen molar-refractivity contribution in [1.29, 1.82) is 0 Å². The minimum Gasteiger partial charge on any atom is -0.425 e. The van der Waals surface area contributed by atoms with Crippen molar-refractivity contribution >= 4 is 30.2 Å². The Morgan fingerprint density at radius 3 is 2.33 bits per heavy atom. The summed E-state index contributed by atoms with van der Waals surface area (Å²) in [6.07, 6.45) is 0. The highest BCUT2D eigenvalue weighted by Gasteiger charge is 2.09. The number of hydrogen-bond acceptors (Lipinski definition) is 5. The maximum Gasteiger partial charge on any atom is 0.330 e. The number of rotatable bonds is 6. The largest absolute Gasteiger partial charge is 0.425 e. The van der Waals surface area contributed by atoms with Gasteiger partial charge in [-0.25, -0.2) is 4.79 Å². The van der Waals surface area contributed by atoms with E-state index in [1.165, 1.54) is 0 Å². The molecule has 0 fully saturated rings. The molecule has 0 spiro atoms. The fraction of sp³-hybridized carbons (Fsp3) is 0.308. The second kappa shape index (κ2) is 9.73. The van der Waals surface area contributed by atoms with Crippen LogP contribution < -0.4 is 21.1 Å². The van der Waals surface area contributed by atoms with E-state index < -0.39 is 17.8 Å². The molecule has 0 heterocycles. The number of amides is 2. The highest BCUT2D eigenvalue weighted by molar-refractivity contribution is 5.87. The molecule has 4 N–H and O–H groups in total. The third kappa shape index (κ3) is 7.28. The Labute approximate surface area is 128 Å². The Kier molecular flexibility index (Phi) is 8.75. The quantitative estimate of drug-likeness (QED) is 0.485. The predicted molar refractivity (Wildman–Crippen MR) is 79.1 cm³/mol. The molecule has 0 aliphatic heterocycles. The topological polar surface area (TPSA) is 111 Å². The predicted octanol–water partition coefficient (Wildman–Crippen LogP) is -0.487. The van der Waals surface area contributed by atoms with Gasteiger partial charge in [-0.05, 0) is 18.6 Å². The zero-order chi connectivity index (χ0) is 15.0. The third-order valence-corrected chi connectivity index (χ3v) is 2.38. The van der Waals surface area contributed by atoms with Crippen LogP contribution in [0.2, 0.25) is 0 Å². The van der Waals surface area contributed by atoms with Crippen molar-refractivity contribution < 1.29 is 19.1 Å². The lowest BCUT2D eigenvalue weighted by molar-refractivity contribution is -0.135. The standard InChI is InChI=1S/C13H17N3O4.ClH/c1-9-4-2-3-5-10(9)20-13(19)8-16-12(18)7-15-11(17)6-14;/h2-5H,6-8,14H2,1H3,(H,15,17)(H,16,18);1H. The van der Waals surface area contributed by atoms with Gasteiger partial charge in [0.1, 0.15) is 12.3 Å². The summed E-state index contributed by atoms with van der Waals surface area (Å²) < 4.78 is 5.08. The van der Waals surface area contributed by atoms with Crippen LogP contribution in [0.3, 0.4) is 0 Å². The summed E-state index contributed by atoms with van der Waals surface area (Å²) in [5.74, 6) is -1.07. The van der Waals surface area contributed by atoms with Crippen LogP contribution in [-0.4, -0.2) is 37.4 Å². The molecule has 0 unspecified atom stereocenters. The Hall–Kier alpha value is -2.12. The summed E-state index contributed by atoms with van der Waals surface area (Å²) in [5.41, 5.74) is 5.88. The maximum atomic E-state index is 11.5. The van der Waals surface area contributed by atoms with Crippen molar-refractivity contribution in [3.05, 3.63) is 29.8 Å². The van der Waals surface area contributed by atoms with Crippen molar-refractivity contribution in [2.45, 2.75) is 6.92 Å². The van der Waals surface area contributed by atoms with Gasteiger partial charge in [-0.3, -0.25) is 9.59 Å². The number of halogens is 1. The fourth-order valence-electron chi connectivity index (χ4n) is 1.31. The number of carbonyl (C=O) groups excluding carboxylic acids is 3. The minimum absolute atomic E-state index is 0. The van der Waals surface area contributed by atoms with Crippen LogP contribution >= 0.6 is 12.4 Å². The highest BCUT2D eigenvalue weighted by Crippen LogP contribution is 2.15. The second-order valence-electron chi connectivity index (χ2n) is 4.00. The number of esters is 1. The van der Waals surface area contributed by atoms with E-state index in [1.54, 1.807) is 12.1 Å². The molecule has 8 heteroatoms. The molecule has 0 saturated heterocycles. The molecule has 0 bridgehead atoms. The fourth-order valence-corrected chi connectivity index (χ4v) is 1.31. The molecule has 21 heavy (non-hydrogen) atoms. The Bertz CT molecular complexity index is 508. The monoisotopic (exact) mass is 315 g/mol. The molecule has 1 aromatic carbocycles. The van der Waals surface area contributed by atoms with Gasteiger partial charge >= 0.3 is 5.97 Å². The average Bonchev–Trinajstić information content (AvgIpc) is 2.45. The summed E-state index contributed by atoms with van der Waals surface area (Å²) in [6, 6.07) is 7.05. The second-order valence-corrected chi connectivity index (χ2v) is 4.00. The van der Waals surface area contributed by atoms with Crippen LogP contribution in [0.25, 0.3) is 0 Å². The summed E-state index contributed by atoms with van der Waals surface area (Å²) in [7, 11) is 0. The first-order valence-electron chi connectivity index (χ1n) is 6.02. The first-order valence-corrected chi connectivity index (χ1v) is 6.02. The lowest BCUT2D eigenvalue weighted by atomic mass is 10.2. The van der Waals surface area contributed by atoms with Gasteiger partial charge in [-0.1, -0.05) is 18.2 Å². The zero-order valence-corrected chi connectivity index (χ0v) is 12.4. The average molecular weight is 316 g/mol. The lowest BCUT2D eigenvalue weighted by Gasteiger charge is -2.08. The number of para-hydroxylation sites is 1. The molecular formula is C13H18ClN3O4. The minimum atomic E-state index is -0.585. The van der Waals surface area contributed by atoms with Crippen molar-refractivity contribution in [3.63, 3.8) is 0 Å². The van der Waals surface area contributed by atoms with E-state index in [9.17, 15) is 14.4 Å². The van der Waals surface area contributed by atoms with E-state index in [-0.39, 0.29) is 32.0 Å². The molecule has 0 atom stereocenters. The van der Waals surface area contributed by atoms with Crippen LogP contribution in [0, 0.1) is 6.92 Å². The van der Waals surface area contributed by atoms with Gasteiger partial charge in [-0.2, -0.15) is 0 Å². The number of nitrogens with one attached hydrogen (secondary N) is 2. The van der Waals surface area contributed by atoms with E-state index >= 15 is 0 Å². The molecule has 7 nitrogen and oxygen atoms in total. The van der Waals surface area contributed by atoms with Crippen molar-refractivity contribution in [2.75, 3.05) is 19.6 Å². The SMILES string of the molecule is Cc1ccccc1OC(=O)CNC(=O)CNC(=O)CN.Cl. The van der Waals surface area contributed by atoms with Crippen molar-refractivity contribution in [2.24, 2.45) is 5.73 Å². The van der Waals surface area contributed by atoms with Gasteiger partial charge in [0.25, 0.3) is 0 Å². The van der Waals surface area contributed by atoms with E-state index in [0.29, 0.717) is 5.75 Å². The van der Waals surface area contributed by atoms with E-state index in [0.717, 1.165) is 5.56 Å². The van der Waals surface area contributed by atoms with Crippen LogP contribution in [0.4, 0.5) is 0 Å². The molecule has 1 rings (SSSR count). The van der Waals surface area contributed by atoms with Crippen LogP contribution in [0.1, 0.15) is 5.56 Å². The molecule has 0 aliphatic rings. The molecule has 1 aromatic rings. The number of benzene rings is 1. The van der Waals surface area contributed by atoms with Gasteiger partial charge in [0, 0.05) is 0 Å². The molecule has 0 saturated carbocycles. The lowest BCUT2D eigenvalue weighted by Crippen LogP contribution is -2.41. The molecule has 0 aromatic heterocycles. The Balaban J connectivity index is 0.00000400. The molecular weight excluding hydrogens is 298 g/mol. The van der Waals surface area contributed by atoms with Crippen molar-refractivity contribution in [3.8, 4) is 5.75 Å². The molecule has 116 valence electrons. The zero-order valence-electron chi connectivity index (χ0n) is 11.5. The van der Waals surface area contributed by atoms with E-state index in [4.69, 9.17) is 10.5 Å². The summed E-state index contributed by atoms with van der Waals surface area (Å²) in [6.45, 7) is 1.12. The Morgan fingerprint density at radius 1 is 1.10 bits per heavy atom. The smallest absolute Gasteiger partial charge is 0.330 e. The van der Waals surface area contributed by atoms with E-state index in [1.807, 2.05) is 19.1 Å². The molecule has 0 radical (unpaired) electrons. The maximum absolute atomic E-state index is 11.5. The van der Waals surface area contributed by atoms with Crippen LogP contribution in [0.5, 0.6) is 5.75 Å². The number of aryl methyl sites for hydroxylation is 1. The van der Waals surface area contributed by atoms with E-state index in [2.05, 4.69) is 10.6 Å².